The molecule has 3 N–H and O–H groups in total. The molecule has 0 heterocycles. The first-order chi connectivity index (χ1) is 9.43. The van der Waals surface area contributed by atoms with Gasteiger partial charge in [-0.3, -0.25) is 9.35 Å². The number of hydrogen-bond donors (Lipinski definition) is 2. The summed E-state index contributed by atoms with van der Waals surface area (Å²) in [6.07, 6.45) is 10.3. The van der Waals surface area contributed by atoms with Crippen LogP contribution in [0.4, 0.5) is 0 Å². The summed E-state index contributed by atoms with van der Waals surface area (Å²) in [6, 6.07) is 0. The van der Waals surface area contributed by atoms with Crippen LogP contribution >= 0.6 is 0 Å². The Hall–Kier alpha value is 0.800. The van der Waals surface area contributed by atoms with Crippen LogP contribution in [-0.2, 0) is 14.9 Å². The van der Waals surface area contributed by atoms with E-state index in [2.05, 4.69) is 6.92 Å². The summed E-state index contributed by atoms with van der Waals surface area (Å²) in [5, 5.41) is -1.45. The molecular formula is C14H31CaNO4S. The molecule has 0 amide bonds. The molecule has 0 fully saturated rings. The van der Waals surface area contributed by atoms with E-state index in [4.69, 9.17) is 10.3 Å². The molecule has 0 aliphatic rings. The average molecular weight is 350 g/mol. The first-order valence-electron chi connectivity index (χ1n) is 7.62. The Morgan fingerprint density at radius 2 is 1.43 bits per heavy atom. The molecule has 0 bridgehead atoms. The molecule has 124 valence electrons. The maximum absolute atomic E-state index is 11.6. The molecule has 0 spiro atoms. The van der Waals surface area contributed by atoms with E-state index in [1.54, 1.807) is 0 Å². The predicted molar refractivity (Wildman–Crippen MR) is 89.8 cm³/mol. The molecule has 0 aliphatic carbocycles. The number of nitrogens with two attached hydrogens (primary N) is 1. The van der Waals surface area contributed by atoms with Gasteiger partial charge in [-0.1, -0.05) is 58.3 Å². The second-order valence-corrected chi connectivity index (χ2v) is 6.88. The molecule has 1 unspecified atom stereocenters. The number of hydrogen-bond acceptors (Lipinski definition) is 4. The van der Waals surface area contributed by atoms with Gasteiger partial charge in [-0.25, -0.2) is 0 Å². The van der Waals surface area contributed by atoms with Crippen LogP contribution in [0.15, 0.2) is 0 Å². The van der Waals surface area contributed by atoms with Gasteiger partial charge in [-0.05, 0) is 6.42 Å². The van der Waals surface area contributed by atoms with Crippen LogP contribution in [0, 0.1) is 0 Å². The third-order valence-corrected chi connectivity index (χ3v) is 4.63. The Bertz CT molecular complexity index is 360. The fourth-order valence-corrected chi connectivity index (χ4v) is 2.88. The van der Waals surface area contributed by atoms with Crippen molar-refractivity contribution in [1.29, 1.82) is 0 Å². The fraction of sp³-hybridized carbons (Fsp3) is 0.929. The molecule has 0 saturated carbocycles. The van der Waals surface area contributed by atoms with E-state index in [0.717, 1.165) is 19.3 Å². The van der Waals surface area contributed by atoms with Crippen molar-refractivity contribution >= 4 is 53.6 Å². The van der Waals surface area contributed by atoms with E-state index in [9.17, 15) is 13.2 Å². The van der Waals surface area contributed by atoms with Gasteiger partial charge in [0.25, 0.3) is 10.1 Å². The predicted octanol–water partition coefficient (Wildman–Crippen LogP) is 1.78. The molecule has 21 heavy (non-hydrogen) atoms. The summed E-state index contributed by atoms with van der Waals surface area (Å²) in [5.41, 5.74) is 5.21. The molecule has 0 saturated heterocycles. The van der Waals surface area contributed by atoms with Gasteiger partial charge in [0, 0.05) is 13.0 Å². The third kappa shape index (κ3) is 13.0. The van der Waals surface area contributed by atoms with Gasteiger partial charge < -0.3 is 5.73 Å². The van der Waals surface area contributed by atoms with E-state index in [-0.39, 0.29) is 50.7 Å². The van der Waals surface area contributed by atoms with Crippen molar-refractivity contribution in [1.82, 2.24) is 0 Å². The van der Waals surface area contributed by atoms with Crippen LogP contribution in [-0.4, -0.2) is 68.3 Å². The average Bonchev–Trinajstić information content (AvgIpc) is 2.36. The minimum absolute atomic E-state index is 0. The van der Waals surface area contributed by atoms with Gasteiger partial charge in [-0.15, -0.1) is 0 Å². The SMILES string of the molecule is CCCCCCCCCCCC(=O)C(CN)S(=O)(=O)O.[CaH2]. The Kier molecular flexibility index (Phi) is 16.5. The van der Waals surface area contributed by atoms with Crippen LogP contribution in [0.5, 0.6) is 0 Å². The zero-order valence-corrected chi connectivity index (χ0v) is 13.3. The molecule has 0 rings (SSSR count). The quantitative estimate of drug-likeness (QED) is 0.300. The standard InChI is InChI=1S/C14H29NO4S.Ca.2H/c1-2-3-4-5-6-7-8-9-10-11-13(16)14(12-15)20(17,18)19;;;/h14H,2-12,15H2,1H3,(H,17,18,19);;;. The Morgan fingerprint density at radius 1 is 1.00 bits per heavy atom. The maximum atomic E-state index is 11.6. The van der Waals surface area contributed by atoms with Crippen LogP contribution in [0.3, 0.4) is 0 Å². The summed E-state index contributed by atoms with van der Waals surface area (Å²) in [5.74, 6) is -0.474. The van der Waals surface area contributed by atoms with Crippen molar-refractivity contribution in [3.05, 3.63) is 0 Å². The van der Waals surface area contributed by atoms with Crippen LogP contribution in [0.2, 0.25) is 0 Å². The Labute approximate surface area is 159 Å². The summed E-state index contributed by atoms with van der Waals surface area (Å²) < 4.78 is 30.7. The summed E-state index contributed by atoms with van der Waals surface area (Å²) in [4.78, 5) is 11.6. The van der Waals surface area contributed by atoms with Crippen molar-refractivity contribution in [3.63, 3.8) is 0 Å². The number of carbonyl (C=O) groups is 1. The molecule has 1 atom stereocenters. The summed E-state index contributed by atoms with van der Waals surface area (Å²) in [7, 11) is -4.35. The second-order valence-electron chi connectivity index (χ2n) is 5.28. The van der Waals surface area contributed by atoms with E-state index >= 15 is 0 Å². The topological polar surface area (TPSA) is 97.5 Å². The van der Waals surface area contributed by atoms with E-state index in [0.29, 0.717) is 6.42 Å². The van der Waals surface area contributed by atoms with Gasteiger partial charge in [0.1, 0.15) is 0 Å². The molecule has 5 nitrogen and oxygen atoms in total. The van der Waals surface area contributed by atoms with Gasteiger partial charge in [0.05, 0.1) is 0 Å². The van der Waals surface area contributed by atoms with Crippen molar-refractivity contribution in [2.45, 2.75) is 76.4 Å². The number of Topliss-reactive ketones (excluding diaryl/α,β-unsaturated/α-hetero) is 1. The van der Waals surface area contributed by atoms with Crippen molar-refractivity contribution in [3.8, 4) is 0 Å². The van der Waals surface area contributed by atoms with Gasteiger partial charge in [0.15, 0.2) is 11.0 Å². The summed E-state index contributed by atoms with van der Waals surface area (Å²) in [6.45, 7) is 1.84. The van der Waals surface area contributed by atoms with E-state index < -0.39 is 21.2 Å². The second kappa shape index (κ2) is 14.4. The van der Waals surface area contributed by atoms with Gasteiger partial charge >= 0.3 is 37.7 Å². The van der Waals surface area contributed by atoms with E-state index in [1.165, 1.54) is 32.1 Å². The van der Waals surface area contributed by atoms with Crippen molar-refractivity contribution < 1.29 is 17.8 Å². The monoisotopic (exact) mass is 349 g/mol. The van der Waals surface area contributed by atoms with Crippen LogP contribution in [0.1, 0.15) is 71.1 Å². The zero-order valence-electron chi connectivity index (χ0n) is 12.5. The van der Waals surface area contributed by atoms with Gasteiger partial charge in [-0.2, -0.15) is 8.42 Å². The van der Waals surface area contributed by atoms with Crippen molar-refractivity contribution in [2.24, 2.45) is 5.73 Å². The third-order valence-electron chi connectivity index (χ3n) is 3.46. The van der Waals surface area contributed by atoms with Crippen LogP contribution < -0.4 is 5.73 Å². The van der Waals surface area contributed by atoms with Crippen molar-refractivity contribution in [2.75, 3.05) is 6.54 Å². The molecule has 0 radical (unpaired) electrons. The number of ketones is 1. The molecule has 0 aromatic rings. The number of carbonyl (C=O) groups excluding carboxylic acids is 1. The van der Waals surface area contributed by atoms with Crippen LogP contribution in [0.25, 0.3) is 0 Å². The fourth-order valence-electron chi connectivity index (χ4n) is 2.19. The normalized spacial score (nSPS) is 12.7. The van der Waals surface area contributed by atoms with Gasteiger partial charge in [0.2, 0.25) is 0 Å². The zero-order chi connectivity index (χ0) is 15.4. The number of unbranched alkanes of at least 4 members (excludes halogenated alkanes) is 8. The molecule has 0 aromatic heterocycles. The molecular weight excluding hydrogens is 318 g/mol. The first kappa shape index (κ1) is 24.1. The summed E-state index contributed by atoms with van der Waals surface area (Å²) >= 11 is 0. The van der Waals surface area contributed by atoms with E-state index in [1.807, 2.05) is 0 Å². The molecule has 7 heteroatoms. The number of rotatable bonds is 13. The minimum atomic E-state index is -4.35. The molecule has 0 aromatic carbocycles. The Balaban J connectivity index is 0. The first-order valence-corrected chi connectivity index (χ1v) is 9.12. The Morgan fingerprint density at radius 3 is 1.81 bits per heavy atom. The molecule has 0 aliphatic heterocycles.